The molecule has 0 spiro atoms. The number of rotatable bonds is 7. The molecule has 0 saturated heterocycles. The summed E-state index contributed by atoms with van der Waals surface area (Å²) in [4.78, 5) is 0. The first kappa shape index (κ1) is 48.5. The van der Waals surface area contributed by atoms with E-state index in [1.54, 1.807) is 5.92 Å². The Labute approximate surface area is 377 Å². The van der Waals surface area contributed by atoms with Crippen molar-refractivity contribution in [1.29, 1.82) is 0 Å². The molecule has 0 atom stereocenters. The maximum Gasteiger partial charge on any atom is 0.200 e. The molecule has 0 aliphatic heterocycles. The molecule has 8 aromatic carbocycles. The van der Waals surface area contributed by atoms with E-state index in [0.29, 0.717) is 0 Å². The topological polar surface area (TPSA) is 14.0 Å². The van der Waals surface area contributed by atoms with E-state index in [2.05, 4.69) is 126 Å². The van der Waals surface area contributed by atoms with Gasteiger partial charge in [-0.1, -0.05) is 91.0 Å². The molecule has 1 N–H and O–H groups in total. The minimum Gasteiger partial charge on any atom is -0.291 e. The molecule has 0 saturated carbocycles. The zero-order chi connectivity index (χ0) is 49.1. The third kappa shape index (κ3) is 8.45. The van der Waals surface area contributed by atoms with Gasteiger partial charge in [-0.3, -0.25) is 5.82 Å². The molecule has 0 aliphatic rings. The molecule has 1 nitrogen and oxygen atoms in total. The van der Waals surface area contributed by atoms with Crippen molar-refractivity contribution in [2.24, 2.45) is 0 Å². The number of nitrogens with one attached hydrogen (secondary N) is 1. The van der Waals surface area contributed by atoms with Crippen molar-refractivity contribution in [2.45, 2.75) is 0 Å². The van der Waals surface area contributed by atoms with E-state index < -0.39 is 122 Å². The van der Waals surface area contributed by atoms with Gasteiger partial charge in [-0.25, -0.2) is 70.6 Å². The highest BCUT2D eigenvalue weighted by molar-refractivity contribution is 7.85. The van der Waals surface area contributed by atoms with Crippen LogP contribution in [0.5, 0.6) is 0 Å². The summed E-state index contributed by atoms with van der Waals surface area (Å²) in [6.07, 6.45) is -5.90. The second kappa shape index (κ2) is 19.8. The predicted molar refractivity (Wildman–Crippen MR) is 229 cm³/mol. The van der Waals surface area contributed by atoms with Gasteiger partial charge < -0.3 is 0 Å². The van der Waals surface area contributed by atoms with Crippen molar-refractivity contribution in [2.75, 3.05) is 0 Å². The van der Waals surface area contributed by atoms with Crippen LogP contribution in [0.3, 0.4) is 0 Å². The van der Waals surface area contributed by atoms with Crippen LogP contribution in [0.2, 0.25) is 0 Å². The molecule has 0 bridgehead atoms. The van der Waals surface area contributed by atoms with Crippen LogP contribution < -0.4 is 37.0 Å². The Balaban J connectivity index is 0.000000224. The molecule has 0 fully saturated rings. The summed E-state index contributed by atoms with van der Waals surface area (Å²) < 4.78 is 224. The maximum absolute atomic E-state index is 15.3. The van der Waals surface area contributed by atoms with Gasteiger partial charge in [-0.05, 0) is 48.5 Å². The van der Waals surface area contributed by atoms with Gasteiger partial charge in [-0.15, -0.1) is 22.3 Å². The normalized spacial score (nSPS) is 11.3. The molecular weight excluding hydrogens is 941 g/mol. The lowest BCUT2D eigenvalue weighted by molar-refractivity contribution is -0.326. The Morgan fingerprint density at radius 1 is 0.294 bits per heavy atom. The van der Waals surface area contributed by atoms with Crippen LogP contribution in [0.15, 0.2) is 152 Å². The second-order valence-electron chi connectivity index (χ2n) is 14.6. The summed E-state index contributed by atoms with van der Waals surface area (Å²) in [5.41, 5.74) is -7.65. The van der Waals surface area contributed by atoms with Crippen LogP contribution in [-0.4, -0.2) is 6.15 Å². The molecule has 8 rings (SSSR count). The Bertz CT molecular complexity index is 2940. The average Bonchev–Trinajstić information content (AvgIpc) is 3.37. The highest BCUT2D eigenvalue weighted by Crippen LogP contribution is 2.39. The van der Waals surface area contributed by atoms with Crippen LogP contribution in [0, 0.1) is 99.0 Å². The molecule has 68 heavy (non-hydrogen) atoms. The van der Waals surface area contributed by atoms with Gasteiger partial charge in [0.2, 0.25) is 0 Å². The van der Waals surface area contributed by atoms with E-state index in [-0.39, 0.29) is 0 Å². The van der Waals surface area contributed by atoms with Crippen molar-refractivity contribution < 1.29 is 70.6 Å². The summed E-state index contributed by atoms with van der Waals surface area (Å²) in [5, 5.41) is 3.96. The SMILES string of the molecule is Fc1c(F)c(F)c([B-](C#Cc2ccccc2)(c2c(F)c(F)c(F)c(F)c2F)c2c(F)c(F)c(F)c(F)c2F)c(F)c1F.c1ccc([NH+]=P(c2ccccc2)(c2ccccc2)c2ccccc2)cc1. The van der Waals surface area contributed by atoms with Crippen molar-refractivity contribution in [3.8, 4) is 11.7 Å². The number of hydrogen-bond acceptors (Lipinski definition) is 0. The van der Waals surface area contributed by atoms with E-state index in [4.69, 9.17) is 0 Å². The predicted octanol–water partition coefficient (Wildman–Crippen LogP) is 9.41. The van der Waals surface area contributed by atoms with Crippen molar-refractivity contribution in [3.63, 3.8) is 0 Å². The number of hydrogen-bond donors (Lipinski definition) is 1. The second-order valence-corrected chi connectivity index (χ2v) is 17.7. The first-order valence-electron chi connectivity index (χ1n) is 19.7. The molecule has 18 heteroatoms. The van der Waals surface area contributed by atoms with Crippen LogP contribution in [0.4, 0.5) is 71.5 Å². The van der Waals surface area contributed by atoms with Gasteiger partial charge in [0.25, 0.3) is 0 Å². The molecule has 8 aromatic rings. The number of benzene rings is 8. The van der Waals surface area contributed by atoms with E-state index in [1.807, 2.05) is 0 Å². The monoisotopic (exact) mass is 967 g/mol. The zero-order valence-corrected chi connectivity index (χ0v) is 35.0. The van der Waals surface area contributed by atoms with Crippen molar-refractivity contribution in [3.05, 3.63) is 244 Å². The fourth-order valence-electron chi connectivity index (χ4n) is 7.67. The molecule has 0 radical (unpaired) electrons. The molecule has 0 unspecified atom stereocenters. The Kier molecular flexibility index (Phi) is 14.1. The van der Waals surface area contributed by atoms with Gasteiger partial charge in [-0.2, -0.15) is 0 Å². The van der Waals surface area contributed by atoms with E-state index in [1.165, 1.54) is 27.8 Å². The first-order valence-corrected chi connectivity index (χ1v) is 21.5. The average molecular weight is 968 g/mol. The Morgan fingerprint density at radius 3 is 0.809 bits per heavy atom. The Hall–Kier alpha value is -7.44. The number of para-hydroxylation sites is 1. The van der Waals surface area contributed by atoms with Crippen LogP contribution in [-0.2, 0) is 0 Å². The lowest BCUT2D eigenvalue weighted by atomic mass is 9.15. The van der Waals surface area contributed by atoms with Gasteiger partial charge >= 0.3 is 0 Å². The summed E-state index contributed by atoms with van der Waals surface area (Å²) in [6, 6.07) is 48.5. The summed E-state index contributed by atoms with van der Waals surface area (Å²) in [6.45, 7) is 0. The van der Waals surface area contributed by atoms with Crippen molar-refractivity contribution in [1.82, 2.24) is 0 Å². The third-order valence-corrected chi connectivity index (χ3v) is 14.6. The van der Waals surface area contributed by atoms with Gasteiger partial charge in [0.1, 0.15) is 34.9 Å². The quantitative estimate of drug-likeness (QED) is 0.0409. The highest BCUT2D eigenvalue weighted by atomic mass is 31.2. The van der Waals surface area contributed by atoms with Gasteiger partial charge in [0.15, 0.2) is 71.2 Å². The third-order valence-electron chi connectivity index (χ3n) is 10.7. The fraction of sp³-hybridized carbons (Fsp3) is 0. The van der Waals surface area contributed by atoms with Crippen LogP contribution in [0.1, 0.15) is 5.56 Å². The minimum atomic E-state index is -5.90. The van der Waals surface area contributed by atoms with Crippen molar-refractivity contribution >= 4 is 51.2 Å². The summed E-state index contributed by atoms with van der Waals surface area (Å²) >= 11 is 0. The van der Waals surface area contributed by atoms with Gasteiger partial charge in [0.05, 0.1) is 0 Å². The zero-order valence-electron chi connectivity index (χ0n) is 34.1. The van der Waals surface area contributed by atoms with Crippen LogP contribution in [0.25, 0.3) is 0 Å². The lowest BCUT2D eigenvalue weighted by Gasteiger charge is -2.39. The molecule has 0 aliphatic carbocycles. The summed E-state index contributed by atoms with van der Waals surface area (Å²) in [5.74, 6) is -43.0. The fourth-order valence-corrected chi connectivity index (χ4v) is 11.3. The first-order chi connectivity index (χ1) is 32.5. The van der Waals surface area contributed by atoms with Crippen LogP contribution >= 0.6 is 7.05 Å². The highest BCUT2D eigenvalue weighted by Gasteiger charge is 2.47. The molecule has 344 valence electrons. The lowest BCUT2D eigenvalue weighted by Crippen LogP contribution is -2.72. The summed E-state index contributed by atoms with van der Waals surface area (Å²) in [7, 11) is -2.03. The van der Waals surface area contributed by atoms with E-state index in [0.717, 1.165) is 30.0 Å². The molecular formula is C50H26BF15NP. The molecule has 0 heterocycles. The largest absolute Gasteiger partial charge is 0.291 e. The smallest absolute Gasteiger partial charge is 0.200 e. The van der Waals surface area contributed by atoms with Gasteiger partial charge in [0, 0.05) is 33.6 Å². The van der Waals surface area contributed by atoms with E-state index in [9.17, 15) is 39.5 Å². The number of halogens is 15. The molecule has 0 amide bonds. The van der Waals surface area contributed by atoms with E-state index >= 15 is 26.3 Å². The molecule has 0 aromatic heterocycles. The standard InChI is InChI=1S/C26H5BF15.C24H20NP/c28-12-9(13(29)19(35)24(40)18(12)34)27(7-6-8-4-2-1-3-5-8,10-14(30)20(36)25(41)21(37)15(10)31)11-16(32)22(38)26(42)23(39)17(11)33;1-5-13-21(14-6-1)25-26(22-15-7-2-8-16-22,23-17-9-3-10-18-23)24-19-11-4-12-20-24/h1-5H;1-20H/q-1;/p+1. The maximum atomic E-state index is 15.3. The Morgan fingerprint density at radius 2 is 0.529 bits per heavy atom. The minimum absolute atomic E-state index is 0.458.